The van der Waals surface area contributed by atoms with Gasteiger partial charge < -0.3 is 5.32 Å². The molecule has 3 nitrogen and oxygen atoms in total. The van der Waals surface area contributed by atoms with Gasteiger partial charge in [0.2, 0.25) is 0 Å². The molecule has 0 saturated heterocycles. The lowest BCUT2D eigenvalue weighted by Crippen LogP contribution is -2.17. The van der Waals surface area contributed by atoms with Crippen molar-refractivity contribution in [3.8, 4) is 0 Å². The lowest BCUT2D eigenvalue weighted by Gasteiger charge is -2.13. The largest absolute Gasteiger partial charge is 0.312 e. The van der Waals surface area contributed by atoms with Crippen LogP contribution in [0.1, 0.15) is 18.5 Å². The normalized spacial score (nSPS) is 13.7. The van der Waals surface area contributed by atoms with Gasteiger partial charge in [0.25, 0.3) is 0 Å². The van der Waals surface area contributed by atoms with E-state index < -0.39 is 9.84 Å². The van der Waals surface area contributed by atoms with E-state index in [1.54, 1.807) is 31.2 Å². The van der Waals surface area contributed by atoms with E-state index in [2.05, 4.69) is 5.32 Å². The van der Waals surface area contributed by atoms with Crippen LogP contribution in [0.3, 0.4) is 0 Å². The number of rotatable bonds is 5. The topological polar surface area (TPSA) is 46.2 Å². The molecule has 0 saturated carbocycles. The van der Waals surface area contributed by atoms with E-state index in [0.717, 1.165) is 5.56 Å². The van der Waals surface area contributed by atoms with Crippen molar-refractivity contribution in [2.75, 3.05) is 18.7 Å². The van der Waals surface area contributed by atoms with E-state index in [-0.39, 0.29) is 11.8 Å². The fraction of sp³-hybridized carbons (Fsp3) is 0.455. The molecule has 0 aliphatic heterocycles. The highest BCUT2D eigenvalue weighted by Gasteiger charge is 2.12. The maximum atomic E-state index is 11.6. The van der Waals surface area contributed by atoms with Gasteiger partial charge in [0.05, 0.1) is 10.6 Å². The minimum atomic E-state index is -3.11. The first-order valence-electron chi connectivity index (χ1n) is 5.11. The number of sulfone groups is 1. The molecule has 1 atom stereocenters. The number of nitrogens with one attached hydrogen (secondary N) is 1. The monoisotopic (exact) mass is 261 g/mol. The summed E-state index contributed by atoms with van der Waals surface area (Å²) in [6.45, 7) is 1.64. The molecule has 90 valence electrons. The zero-order chi connectivity index (χ0) is 12.2. The minimum absolute atomic E-state index is 0.0556. The van der Waals surface area contributed by atoms with Gasteiger partial charge in [-0.15, -0.1) is 11.6 Å². The summed E-state index contributed by atoms with van der Waals surface area (Å²) >= 11 is 5.78. The molecular weight excluding hydrogens is 246 g/mol. The van der Waals surface area contributed by atoms with Gasteiger partial charge in [-0.05, 0) is 24.7 Å². The summed E-state index contributed by atoms with van der Waals surface area (Å²) in [5, 5.41) is 3.06. The molecule has 0 radical (unpaired) electrons. The van der Waals surface area contributed by atoms with Crippen LogP contribution in [0, 0.1) is 0 Å². The van der Waals surface area contributed by atoms with Crippen LogP contribution in [0.25, 0.3) is 0 Å². The molecule has 16 heavy (non-hydrogen) atoms. The zero-order valence-electron chi connectivity index (χ0n) is 9.40. The first-order chi connectivity index (χ1) is 7.55. The molecule has 0 aliphatic carbocycles. The molecule has 0 bridgehead atoms. The molecular formula is C11H16ClNO2S. The number of halogens is 1. The first-order valence-corrected chi connectivity index (χ1v) is 7.29. The van der Waals surface area contributed by atoms with Crippen molar-refractivity contribution >= 4 is 21.4 Å². The Balaban J connectivity index is 3.00. The molecule has 1 N–H and O–H groups in total. The summed E-state index contributed by atoms with van der Waals surface area (Å²) in [7, 11) is -1.28. The Morgan fingerprint density at radius 2 is 1.88 bits per heavy atom. The number of benzene rings is 1. The van der Waals surface area contributed by atoms with Gasteiger partial charge in [0.1, 0.15) is 0 Å². The van der Waals surface area contributed by atoms with E-state index in [4.69, 9.17) is 11.6 Å². The zero-order valence-corrected chi connectivity index (χ0v) is 11.0. The molecule has 1 rings (SSSR count). The summed E-state index contributed by atoms with van der Waals surface area (Å²) in [6.07, 6.45) is 0. The van der Waals surface area contributed by atoms with Crippen LogP contribution in [0.15, 0.2) is 29.2 Å². The first kappa shape index (κ1) is 13.5. The van der Waals surface area contributed by atoms with Gasteiger partial charge in [-0.3, -0.25) is 0 Å². The standard InChI is InChI=1S/C11H16ClNO2S/c1-3-16(14,15)10-6-4-9(5-7-10)11(8-12)13-2/h4-7,11,13H,3,8H2,1-2H3. The molecule has 0 fully saturated rings. The lowest BCUT2D eigenvalue weighted by molar-refractivity contribution is 0.597. The highest BCUT2D eigenvalue weighted by atomic mass is 35.5. The van der Waals surface area contributed by atoms with Gasteiger partial charge >= 0.3 is 0 Å². The van der Waals surface area contributed by atoms with E-state index >= 15 is 0 Å². The molecule has 0 heterocycles. The van der Waals surface area contributed by atoms with Crippen LogP contribution in [0.4, 0.5) is 0 Å². The van der Waals surface area contributed by atoms with Crippen molar-refractivity contribution in [1.29, 1.82) is 0 Å². The van der Waals surface area contributed by atoms with Crippen molar-refractivity contribution in [2.24, 2.45) is 0 Å². The van der Waals surface area contributed by atoms with E-state index in [9.17, 15) is 8.42 Å². The fourth-order valence-corrected chi connectivity index (χ4v) is 2.62. The minimum Gasteiger partial charge on any atom is -0.312 e. The third-order valence-corrected chi connectivity index (χ3v) is 4.58. The van der Waals surface area contributed by atoms with E-state index in [0.29, 0.717) is 10.8 Å². The second kappa shape index (κ2) is 5.66. The average molecular weight is 262 g/mol. The second-order valence-electron chi connectivity index (χ2n) is 3.47. The predicted molar refractivity (Wildman–Crippen MR) is 66.7 cm³/mol. The number of hydrogen-bond donors (Lipinski definition) is 1. The smallest absolute Gasteiger partial charge is 0.178 e. The fourth-order valence-electron chi connectivity index (χ4n) is 1.41. The molecule has 0 aliphatic rings. The molecule has 0 aromatic heterocycles. The number of hydrogen-bond acceptors (Lipinski definition) is 3. The summed E-state index contributed by atoms with van der Waals surface area (Å²) in [5.41, 5.74) is 0.993. The van der Waals surface area contributed by atoms with E-state index in [1.165, 1.54) is 0 Å². The van der Waals surface area contributed by atoms with Gasteiger partial charge in [-0.1, -0.05) is 19.1 Å². The van der Waals surface area contributed by atoms with E-state index in [1.807, 2.05) is 7.05 Å². The van der Waals surface area contributed by atoms with Crippen molar-refractivity contribution < 1.29 is 8.42 Å². The quantitative estimate of drug-likeness (QED) is 0.825. The van der Waals surface area contributed by atoms with Crippen molar-refractivity contribution in [2.45, 2.75) is 17.9 Å². The van der Waals surface area contributed by atoms with Crippen LogP contribution >= 0.6 is 11.6 Å². The molecule has 0 amide bonds. The van der Waals surface area contributed by atoms with Gasteiger partial charge in [0, 0.05) is 11.9 Å². The molecule has 5 heteroatoms. The Labute approximate surface area is 102 Å². The summed E-state index contributed by atoms with van der Waals surface area (Å²) in [5.74, 6) is 0.577. The third-order valence-electron chi connectivity index (χ3n) is 2.52. The van der Waals surface area contributed by atoms with Gasteiger partial charge in [-0.2, -0.15) is 0 Å². The maximum absolute atomic E-state index is 11.6. The molecule has 1 aromatic rings. The summed E-state index contributed by atoms with van der Waals surface area (Å²) in [4.78, 5) is 0.364. The van der Waals surface area contributed by atoms with Crippen molar-refractivity contribution in [3.63, 3.8) is 0 Å². The molecule has 1 unspecified atom stereocenters. The van der Waals surface area contributed by atoms with Gasteiger partial charge in [-0.25, -0.2) is 8.42 Å². The third kappa shape index (κ3) is 2.97. The van der Waals surface area contributed by atoms with Crippen LogP contribution in [0.2, 0.25) is 0 Å². The Morgan fingerprint density at radius 1 is 1.31 bits per heavy atom. The Kier molecular flexibility index (Phi) is 4.77. The van der Waals surface area contributed by atoms with Crippen LogP contribution < -0.4 is 5.32 Å². The molecule has 1 aromatic carbocycles. The summed E-state index contributed by atoms with van der Waals surface area (Å²) in [6, 6.07) is 6.91. The van der Waals surface area contributed by atoms with Crippen LogP contribution in [0.5, 0.6) is 0 Å². The highest BCUT2D eigenvalue weighted by molar-refractivity contribution is 7.91. The summed E-state index contributed by atoms with van der Waals surface area (Å²) < 4.78 is 23.2. The van der Waals surface area contributed by atoms with Crippen molar-refractivity contribution in [3.05, 3.63) is 29.8 Å². The highest BCUT2D eigenvalue weighted by Crippen LogP contribution is 2.18. The Bertz CT molecular complexity index is 424. The van der Waals surface area contributed by atoms with Crippen LogP contribution in [-0.2, 0) is 9.84 Å². The molecule has 0 spiro atoms. The average Bonchev–Trinajstić information content (AvgIpc) is 2.31. The lowest BCUT2D eigenvalue weighted by atomic mass is 10.1. The van der Waals surface area contributed by atoms with Crippen molar-refractivity contribution in [1.82, 2.24) is 5.32 Å². The SMILES string of the molecule is CCS(=O)(=O)c1ccc(C(CCl)NC)cc1. The Morgan fingerprint density at radius 3 is 2.25 bits per heavy atom. The Hall–Kier alpha value is -0.580. The van der Waals surface area contributed by atoms with Gasteiger partial charge in [0.15, 0.2) is 9.84 Å². The maximum Gasteiger partial charge on any atom is 0.178 e. The second-order valence-corrected chi connectivity index (χ2v) is 6.05. The van der Waals surface area contributed by atoms with Crippen LogP contribution in [-0.4, -0.2) is 27.1 Å². The predicted octanol–water partition coefficient (Wildman–Crippen LogP) is 1.98. The number of alkyl halides is 1.